The summed E-state index contributed by atoms with van der Waals surface area (Å²) in [5.74, 6) is 2.10. The molecule has 0 radical (unpaired) electrons. The lowest BCUT2D eigenvalue weighted by Gasteiger charge is -2.08. The monoisotopic (exact) mass is 346 g/mol. The maximum Gasteiger partial charge on any atom is 0.220 e. The Bertz CT molecular complexity index is 456. The molecule has 1 aliphatic heterocycles. The number of halogens is 2. The van der Waals surface area contributed by atoms with Gasteiger partial charge in [-0.15, -0.1) is 12.4 Å². The van der Waals surface area contributed by atoms with Gasteiger partial charge in [-0.05, 0) is 43.5 Å². The Balaban J connectivity index is 0.00000242. The molecular weight excluding hydrogens is 323 g/mol. The molecule has 1 amide bonds. The van der Waals surface area contributed by atoms with Crippen LogP contribution in [0.1, 0.15) is 24.8 Å². The van der Waals surface area contributed by atoms with E-state index in [1.165, 1.54) is 12.5 Å². The highest BCUT2D eigenvalue weighted by Gasteiger charge is 2.15. The number of hydrogen-bond acceptors (Lipinski definition) is 3. The quantitative estimate of drug-likeness (QED) is 0.711. The summed E-state index contributed by atoms with van der Waals surface area (Å²) in [4.78, 5) is 11.7. The van der Waals surface area contributed by atoms with Crippen molar-refractivity contribution in [3.63, 3.8) is 0 Å². The van der Waals surface area contributed by atoms with E-state index in [9.17, 15) is 9.18 Å². The molecule has 0 aliphatic carbocycles. The van der Waals surface area contributed by atoms with Crippen molar-refractivity contribution in [1.29, 1.82) is 0 Å². The zero-order chi connectivity index (χ0) is 14.9. The minimum atomic E-state index is -0.154. The van der Waals surface area contributed by atoms with Gasteiger partial charge in [-0.1, -0.05) is 18.2 Å². The molecule has 124 valence electrons. The summed E-state index contributed by atoms with van der Waals surface area (Å²) in [7, 11) is 0. The predicted octanol–water partition coefficient (Wildman–Crippen LogP) is 2.99. The molecule has 1 unspecified atom stereocenters. The lowest BCUT2D eigenvalue weighted by atomic mass is 10.0. The van der Waals surface area contributed by atoms with Gasteiger partial charge < -0.3 is 10.6 Å². The van der Waals surface area contributed by atoms with E-state index in [1.807, 2.05) is 6.07 Å². The molecule has 1 aromatic rings. The topological polar surface area (TPSA) is 41.1 Å². The number of nitrogens with one attached hydrogen (secondary N) is 2. The fourth-order valence-corrected chi connectivity index (χ4v) is 3.29. The van der Waals surface area contributed by atoms with Crippen LogP contribution in [-0.2, 0) is 10.5 Å². The van der Waals surface area contributed by atoms with Crippen molar-refractivity contribution >= 4 is 30.1 Å². The highest BCUT2D eigenvalue weighted by molar-refractivity contribution is 7.98. The van der Waals surface area contributed by atoms with Crippen LogP contribution in [0.25, 0.3) is 0 Å². The number of carbonyl (C=O) groups is 1. The largest absolute Gasteiger partial charge is 0.355 e. The minimum absolute atomic E-state index is 0. The Hall–Kier alpha value is -0.780. The van der Waals surface area contributed by atoms with Crippen molar-refractivity contribution in [3.8, 4) is 0 Å². The van der Waals surface area contributed by atoms with E-state index in [4.69, 9.17) is 0 Å². The van der Waals surface area contributed by atoms with Gasteiger partial charge in [0.1, 0.15) is 5.82 Å². The van der Waals surface area contributed by atoms with Gasteiger partial charge in [0.15, 0.2) is 0 Å². The summed E-state index contributed by atoms with van der Waals surface area (Å²) in [5.41, 5.74) is 0.725. The number of amides is 1. The average molecular weight is 347 g/mol. The molecular formula is C16H24ClFN2OS. The number of rotatable bonds is 8. The molecule has 0 bridgehead atoms. The smallest absolute Gasteiger partial charge is 0.220 e. The van der Waals surface area contributed by atoms with E-state index >= 15 is 0 Å². The summed E-state index contributed by atoms with van der Waals surface area (Å²) < 4.78 is 13.4. The van der Waals surface area contributed by atoms with E-state index in [1.54, 1.807) is 23.9 Å². The van der Waals surface area contributed by atoms with Gasteiger partial charge in [-0.25, -0.2) is 4.39 Å². The van der Waals surface area contributed by atoms with Crippen LogP contribution in [0.3, 0.4) is 0 Å². The number of carbonyl (C=O) groups excluding carboxylic acids is 1. The molecule has 0 aromatic heterocycles. The molecule has 3 nitrogen and oxygen atoms in total. The number of benzene rings is 1. The van der Waals surface area contributed by atoms with E-state index in [0.717, 1.165) is 30.8 Å². The summed E-state index contributed by atoms with van der Waals surface area (Å²) in [5, 5.41) is 6.24. The van der Waals surface area contributed by atoms with Crippen LogP contribution in [0.5, 0.6) is 0 Å². The molecule has 0 spiro atoms. The third-order valence-corrected chi connectivity index (χ3v) is 4.73. The molecule has 1 fully saturated rings. The molecule has 22 heavy (non-hydrogen) atoms. The van der Waals surface area contributed by atoms with Gasteiger partial charge in [0, 0.05) is 24.5 Å². The highest BCUT2D eigenvalue weighted by atomic mass is 35.5. The maximum atomic E-state index is 13.4. The number of hydrogen-bond donors (Lipinski definition) is 2. The van der Waals surface area contributed by atoms with Gasteiger partial charge in [-0.2, -0.15) is 11.8 Å². The van der Waals surface area contributed by atoms with E-state index in [2.05, 4.69) is 10.6 Å². The fourth-order valence-electron chi connectivity index (χ4n) is 2.44. The molecule has 1 atom stereocenters. The zero-order valence-corrected chi connectivity index (χ0v) is 14.3. The Morgan fingerprint density at radius 3 is 2.95 bits per heavy atom. The summed E-state index contributed by atoms with van der Waals surface area (Å²) in [6.07, 6.45) is 2.78. The van der Waals surface area contributed by atoms with Crippen LogP contribution in [-0.4, -0.2) is 31.3 Å². The van der Waals surface area contributed by atoms with Crippen molar-refractivity contribution in [1.82, 2.24) is 10.6 Å². The second-order valence-electron chi connectivity index (χ2n) is 5.39. The van der Waals surface area contributed by atoms with Crippen molar-refractivity contribution in [2.24, 2.45) is 5.92 Å². The first-order valence-corrected chi connectivity index (χ1v) is 8.70. The van der Waals surface area contributed by atoms with Crippen LogP contribution in [0.4, 0.5) is 4.39 Å². The summed E-state index contributed by atoms with van der Waals surface area (Å²) in [6.45, 7) is 2.78. The lowest BCUT2D eigenvalue weighted by Crippen LogP contribution is -2.26. The van der Waals surface area contributed by atoms with Crippen molar-refractivity contribution in [2.75, 3.05) is 25.4 Å². The maximum absolute atomic E-state index is 13.4. The Morgan fingerprint density at radius 1 is 1.41 bits per heavy atom. The standard InChI is InChI=1S/C16H23FN2OS.ClH/c17-15-4-2-1-3-14(15)12-21-10-9-19-16(20)6-5-13-7-8-18-11-13;/h1-4,13,18H,5-12H2,(H,19,20);1H. The number of thioether (sulfide) groups is 1. The lowest BCUT2D eigenvalue weighted by molar-refractivity contribution is -0.121. The molecule has 1 saturated heterocycles. The Kier molecular flexibility index (Phi) is 9.52. The molecule has 0 saturated carbocycles. The predicted molar refractivity (Wildman–Crippen MR) is 93.0 cm³/mol. The van der Waals surface area contributed by atoms with E-state index < -0.39 is 0 Å². The first-order chi connectivity index (χ1) is 10.3. The second-order valence-corrected chi connectivity index (χ2v) is 6.50. The SMILES string of the molecule is Cl.O=C(CCC1CCNC1)NCCSCc1ccccc1F. The van der Waals surface area contributed by atoms with Crippen LogP contribution in [0.2, 0.25) is 0 Å². The average Bonchev–Trinajstić information content (AvgIpc) is 3.00. The first-order valence-electron chi connectivity index (χ1n) is 7.54. The first kappa shape index (κ1) is 19.3. The van der Waals surface area contributed by atoms with Crippen LogP contribution in [0, 0.1) is 11.7 Å². The van der Waals surface area contributed by atoms with Crippen molar-refractivity contribution in [3.05, 3.63) is 35.6 Å². The normalized spacial score (nSPS) is 17.0. The molecule has 1 heterocycles. The molecule has 2 rings (SSSR count). The van der Waals surface area contributed by atoms with Gasteiger partial charge in [0.25, 0.3) is 0 Å². The second kappa shape index (κ2) is 10.9. The molecule has 6 heteroatoms. The third kappa shape index (κ3) is 6.99. The fraction of sp³-hybridized carbons (Fsp3) is 0.562. The van der Waals surface area contributed by atoms with Gasteiger partial charge in [0.2, 0.25) is 5.91 Å². The van der Waals surface area contributed by atoms with E-state index in [0.29, 0.717) is 24.6 Å². The van der Waals surface area contributed by atoms with Crippen molar-refractivity contribution < 1.29 is 9.18 Å². The zero-order valence-electron chi connectivity index (χ0n) is 12.6. The van der Waals surface area contributed by atoms with Gasteiger partial charge >= 0.3 is 0 Å². The highest BCUT2D eigenvalue weighted by Crippen LogP contribution is 2.15. The van der Waals surface area contributed by atoms with Gasteiger partial charge in [-0.3, -0.25) is 4.79 Å². The third-order valence-electron chi connectivity index (χ3n) is 3.73. The summed E-state index contributed by atoms with van der Waals surface area (Å²) in [6, 6.07) is 6.83. The van der Waals surface area contributed by atoms with E-state index in [-0.39, 0.29) is 24.1 Å². The molecule has 1 aromatic carbocycles. The van der Waals surface area contributed by atoms with Crippen LogP contribution < -0.4 is 10.6 Å². The minimum Gasteiger partial charge on any atom is -0.355 e. The Labute approximate surface area is 142 Å². The van der Waals surface area contributed by atoms with Gasteiger partial charge in [0.05, 0.1) is 0 Å². The van der Waals surface area contributed by atoms with Crippen molar-refractivity contribution in [2.45, 2.75) is 25.0 Å². The van der Waals surface area contributed by atoms with Crippen LogP contribution >= 0.6 is 24.2 Å². The molecule has 2 N–H and O–H groups in total. The van der Waals surface area contributed by atoms with Crippen LogP contribution in [0.15, 0.2) is 24.3 Å². The molecule has 1 aliphatic rings. The summed E-state index contributed by atoms with van der Waals surface area (Å²) >= 11 is 1.64. The Morgan fingerprint density at radius 2 is 2.23 bits per heavy atom.